The molecule has 2 fully saturated rings. The maximum Gasteiger partial charge on any atom is 0.407 e. The number of rotatable bonds is 5. The monoisotopic (exact) mass is 313 g/mol. The van der Waals surface area contributed by atoms with E-state index in [0.717, 1.165) is 58.7 Å². The number of nitrogens with one attached hydrogen (secondary N) is 2. The van der Waals surface area contributed by atoms with E-state index < -0.39 is 5.60 Å². The van der Waals surface area contributed by atoms with E-state index in [-0.39, 0.29) is 12.1 Å². The van der Waals surface area contributed by atoms with E-state index in [1.165, 1.54) is 0 Å². The van der Waals surface area contributed by atoms with Gasteiger partial charge >= 0.3 is 6.09 Å². The van der Waals surface area contributed by atoms with Gasteiger partial charge in [-0.05, 0) is 40.0 Å². The molecule has 2 rings (SSSR count). The van der Waals surface area contributed by atoms with Gasteiger partial charge in [0.25, 0.3) is 0 Å². The Labute approximate surface area is 133 Å². The van der Waals surface area contributed by atoms with E-state index in [9.17, 15) is 4.79 Å². The lowest BCUT2D eigenvalue weighted by Crippen LogP contribution is -2.42. The quantitative estimate of drug-likeness (QED) is 0.802. The smallest absolute Gasteiger partial charge is 0.407 e. The molecule has 2 N–H and O–H groups in total. The molecule has 0 spiro atoms. The molecule has 6 heteroatoms. The standard InChI is InChI=1S/C16H31N3O3/c1-16(2,3)22-15(20)18-14-5-4-13(12-14)17-6-7-19-8-10-21-11-9-19/h13-14,17H,4-12H2,1-3H3,(H,18,20). The lowest BCUT2D eigenvalue weighted by atomic mass is 10.2. The zero-order chi connectivity index (χ0) is 16.0. The van der Waals surface area contributed by atoms with Crippen LogP contribution in [0.4, 0.5) is 4.79 Å². The van der Waals surface area contributed by atoms with Gasteiger partial charge in [-0.15, -0.1) is 0 Å². The van der Waals surface area contributed by atoms with Crippen molar-refractivity contribution in [1.29, 1.82) is 0 Å². The highest BCUT2D eigenvalue weighted by atomic mass is 16.6. The molecule has 1 amide bonds. The Balaban J connectivity index is 1.58. The van der Waals surface area contributed by atoms with Crippen molar-refractivity contribution in [2.24, 2.45) is 0 Å². The molecule has 0 aromatic rings. The van der Waals surface area contributed by atoms with Crippen molar-refractivity contribution >= 4 is 6.09 Å². The minimum Gasteiger partial charge on any atom is -0.444 e. The summed E-state index contributed by atoms with van der Waals surface area (Å²) in [6, 6.07) is 0.733. The second-order valence-electron chi connectivity index (χ2n) is 7.26. The number of alkyl carbamates (subject to hydrolysis) is 1. The minimum atomic E-state index is -0.432. The van der Waals surface area contributed by atoms with Crippen LogP contribution in [-0.4, -0.2) is 68.1 Å². The molecular weight excluding hydrogens is 282 g/mol. The van der Waals surface area contributed by atoms with Gasteiger partial charge < -0.3 is 20.1 Å². The van der Waals surface area contributed by atoms with Crippen LogP contribution in [0.25, 0.3) is 0 Å². The number of hydrogen-bond donors (Lipinski definition) is 2. The predicted molar refractivity (Wildman–Crippen MR) is 86.1 cm³/mol. The normalized spacial score (nSPS) is 26.9. The summed E-state index contributed by atoms with van der Waals surface area (Å²) in [5.41, 5.74) is -0.432. The highest BCUT2D eigenvalue weighted by molar-refractivity contribution is 5.68. The highest BCUT2D eigenvalue weighted by Gasteiger charge is 2.27. The average Bonchev–Trinajstić information content (AvgIpc) is 2.85. The molecule has 2 unspecified atom stereocenters. The van der Waals surface area contributed by atoms with Crippen LogP contribution in [0.15, 0.2) is 0 Å². The van der Waals surface area contributed by atoms with Crippen LogP contribution in [0.1, 0.15) is 40.0 Å². The first-order chi connectivity index (χ1) is 10.4. The van der Waals surface area contributed by atoms with Gasteiger partial charge in [-0.3, -0.25) is 4.90 Å². The molecule has 1 saturated heterocycles. The first-order valence-corrected chi connectivity index (χ1v) is 8.45. The van der Waals surface area contributed by atoms with E-state index in [1.807, 2.05) is 20.8 Å². The number of nitrogens with zero attached hydrogens (tertiary/aromatic N) is 1. The Morgan fingerprint density at radius 2 is 1.91 bits per heavy atom. The number of carbonyl (C=O) groups is 1. The molecule has 2 atom stereocenters. The van der Waals surface area contributed by atoms with Crippen LogP contribution < -0.4 is 10.6 Å². The van der Waals surface area contributed by atoms with E-state index in [2.05, 4.69) is 15.5 Å². The molecule has 0 aromatic carbocycles. The van der Waals surface area contributed by atoms with Crippen molar-refractivity contribution in [1.82, 2.24) is 15.5 Å². The van der Waals surface area contributed by atoms with Gasteiger partial charge in [-0.25, -0.2) is 4.79 Å². The molecule has 1 heterocycles. The number of morpholine rings is 1. The third kappa shape index (κ3) is 6.50. The molecule has 2 aliphatic rings. The molecule has 1 aliphatic heterocycles. The summed E-state index contributed by atoms with van der Waals surface area (Å²) in [4.78, 5) is 14.2. The molecule has 128 valence electrons. The number of hydrogen-bond acceptors (Lipinski definition) is 5. The minimum absolute atomic E-state index is 0.232. The van der Waals surface area contributed by atoms with Crippen LogP contribution in [0, 0.1) is 0 Å². The van der Waals surface area contributed by atoms with Crippen molar-refractivity contribution in [2.75, 3.05) is 39.4 Å². The van der Waals surface area contributed by atoms with Gasteiger partial charge in [-0.2, -0.15) is 0 Å². The summed E-state index contributed by atoms with van der Waals surface area (Å²) in [6.45, 7) is 11.5. The molecule has 0 radical (unpaired) electrons. The van der Waals surface area contributed by atoms with Crippen molar-refractivity contribution in [3.8, 4) is 0 Å². The van der Waals surface area contributed by atoms with Crippen LogP contribution in [0.5, 0.6) is 0 Å². The second kappa shape index (κ2) is 8.13. The summed E-state index contributed by atoms with van der Waals surface area (Å²) >= 11 is 0. The van der Waals surface area contributed by atoms with Gasteiger partial charge in [0.05, 0.1) is 13.2 Å². The Morgan fingerprint density at radius 1 is 1.23 bits per heavy atom. The van der Waals surface area contributed by atoms with E-state index in [0.29, 0.717) is 6.04 Å². The van der Waals surface area contributed by atoms with Gasteiger partial charge in [0.1, 0.15) is 5.60 Å². The zero-order valence-corrected chi connectivity index (χ0v) is 14.2. The third-order valence-electron chi connectivity index (χ3n) is 4.12. The fourth-order valence-corrected chi connectivity index (χ4v) is 3.02. The van der Waals surface area contributed by atoms with Crippen molar-refractivity contribution < 1.29 is 14.3 Å². The van der Waals surface area contributed by atoms with Crippen molar-refractivity contribution in [2.45, 2.75) is 57.7 Å². The molecule has 22 heavy (non-hydrogen) atoms. The highest BCUT2D eigenvalue weighted by Crippen LogP contribution is 2.19. The average molecular weight is 313 g/mol. The molecule has 1 aliphatic carbocycles. The first kappa shape index (κ1) is 17.5. The van der Waals surface area contributed by atoms with Gasteiger partial charge in [-0.1, -0.05) is 0 Å². The first-order valence-electron chi connectivity index (χ1n) is 8.45. The molecule has 6 nitrogen and oxygen atoms in total. The Bertz CT molecular complexity index is 351. The van der Waals surface area contributed by atoms with Gasteiger partial charge in [0, 0.05) is 38.3 Å². The molecule has 1 saturated carbocycles. The maximum absolute atomic E-state index is 11.8. The van der Waals surface area contributed by atoms with Gasteiger partial charge in [0.2, 0.25) is 0 Å². The number of amides is 1. The Morgan fingerprint density at radius 3 is 2.59 bits per heavy atom. The lowest BCUT2D eigenvalue weighted by molar-refractivity contribution is 0.0381. The fourth-order valence-electron chi connectivity index (χ4n) is 3.02. The van der Waals surface area contributed by atoms with E-state index >= 15 is 0 Å². The van der Waals surface area contributed by atoms with Crippen LogP contribution in [0.3, 0.4) is 0 Å². The fraction of sp³-hybridized carbons (Fsp3) is 0.938. The Hall–Kier alpha value is -0.850. The van der Waals surface area contributed by atoms with Gasteiger partial charge in [0.15, 0.2) is 0 Å². The topological polar surface area (TPSA) is 62.8 Å². The van der Waals surface area contributed by atoms with Crippen LogP contribution >= 0.6 is 0 Å². The van der Waals surface area contributed by atoms with E-state index in [1.54, 1.807) is 0 Å². The maximum atomic E-state index is 11.8. The zero-order valence-electron chi connectivity index (χ0n) is 14.2. The predicted octanol–water partition coefficient (Wildman–Crippen LogP) is 1.35. The van der Waals surface area contributed by atoms with E-state index in [4.69, 9.17) is 9.47 Å². The molecule has 0 bridgehead atoms. The molecular formula is C16H31N3O3. The second-order valence-corrected chi connectivity index (χ2v) is 7.26. The summed E-state index contributed by atoms with van der Waals surface area (Å²) < 4.78 is 10.7. The number of carbonyl (C=O) groups excluding carboxylic acids is 1. The largest absolute Gasteiger partial charge is 0.444 e. The number of ether oxygens (including phenoxy) is 2. The summed E-state index contributed by atoms with van der Waals surface area (Å²) in [7, 11) is 0. The lowest BCUT2D eigenvalue weighted by Gasteiger charge is -2.27. The van der Waals surface area contributed by atoms with Crippen molar-refractivity contribution in [3.05, 3.63) is 0 Å². The van der Waals surface area contributed by atoms with Crippen molar-refractivity contribution in [3.63, 3.8) is 0 Å². The summed E-state index contributed by atoms with van der Waals surface area (Å²) in [5.74, 6) is 0. The van der Waals surface area contributed by atoms with Crippen LogP contribution in [0.2, 0.25) is 0 Å². The summed E-state index contributed by atoms with van der Waals surface area (Å²) in [6.07, 6.45) is 2.83. The molecule has 0 aromatic heterocycles. The third-order valence-corrected chi connectivity index (χ3v) is 4.12. The Kier molecular flexibility index (Phi) is 6.47. The SMILES string of the molecule is CC(C)(C)OC(=O)NC1CCC(NCCN2CCOCC2)C1. The summed E-state index contributed by atoms with van der Waals surface area (Å²) in [5, 5.41) is 6.58. The van der Waals surface area contributed by atoms with Crippen LogP contribution in [-0.2, 0) is 9.47 Å².